The summed E-state index contributed by atoms with van der Waals surface area (Å²) in [4.78, 5) is 9.24. The minimum Gasteiger partial charge on any atom is -0.245 e. The maximum atomic E-state index is 4.64. The van der Waals surface area contributed by atoms with E-state index in [1.165, 1.54) is 50.1 Å². The van der Waals surface area contributed by atoms with Gasteiger partial charge in [-0.05, 0) is 50.1 Å². The number of hydrogen-bond donors (Lipinski definition) is 0. The van der Waals surface area contributed by atoms with Crippen LogP contribution in [-0.2, 0) is 5.41 Å². The van der Waals surface area contributed by atoms with E-state index in [1.54, 1.807) is 22.7 Å². The van der Waals surface area contributed by atoms with E-state index in [4.69, 9.17) is 0 Å². The van der Waals surface area contributed by atoms with E-state index in [1.807, 2.05) is 23.2 Å². The van der Waals surface area contributed by atoms with Crippen LogP contribution in [0.5, 0.6) is 0 Å². The van der Waals surface area contributed by atoms with Crippen LogP contribution in [0.2, 0.25) is 0 Å². The fourth-order valence-electron chi connectivity index (χ4n) is 7.91. The van der Waals surface area contributed by atoms with Crippen LogP contribution >= 0.6 is 22.7 Å². The Morgan fingerprint density at radius 3 is 1.42 bits per heavy atom. The zero-order valence-corrected chi connectivity index (χ0v) is 30.0. The first-order valence-corrected chi connectivity index (χ1v) is 19.3. The largest absolute Gasteiger partial charge is 0.245 e. The first-order valence-electron chi connectivity index (χ1n) is 17.5. The second-order valence-electron chi connectivity index (χ2n) is 13.0. The number of nitrogens with zero attached hydrogens (tertiary/aromatic N) is 2. The normalized spacial score (nSPS) is 17.2. The van der Waals surface area contributed by atoms with E-state index in [0.717, 1.165) is 21.1 Å². The Kier molecular flexibility index (Phi) is 8.61. The lowest BCUT2D eigenvalue weighted by molar-refractivity contribution is 0.587. The summed E-state index contributed by atoms with van der Waals surface area (Å²) in [5.74, 6) is -0.0573. The average molecular weight is 703 g/mol. The highest BCUT2D eigenvalue weighted by Gasteiger charge is 2.49. The molecule has 0 spiro atoms. The van der Waals surface area contributed by atoms with Crippen LogP contribution in [0, 0.1) is 0 Å². The lowest BCUT2D eigenvalue weighted by Crippen LogP contribution is -2.38. The van der Waals surface area contributed by atoms with Crippen molar-refractivity contribution in [1.82, 2.24) is 9.97 Å². The first-order chi connectivity index (χ1) is 25.8. The third-order valence-corrected chi connectivity index (χ3v) is 11.8. The zero-order chi connectivity index (χ0) is 34.7. The van der Waals surface area contributed by atoms with Gasteiger partial charge in [0, 0.05) is 40.2 Å². The van der Waals surface area contributed by atoms with Crippen LogP contribution in [0.4, 0.5) is 0 Å². The number of allylic oxidation sites excluding steroid dienone is 4. The SMILES string of the molecule is C1=C(c2ccc(-c3nccs3)cc2)C(c2ccccc2)=C(c2ccccc2)C(c2ccccc2)(c2ccc(-c3nccs3)cc2)C1c1ccccc1. The summed E-state index contributed by atoms with van der Waals surface area (Å²) in [6.45, 7) is 0. The molecule has 2 atom stereocenters. The van der Waals surface area contributed by atoms with Crippen LogP contribution in [0.25, 0.3) is 37.9 Å². The lowest BCUT2D eigenvalue weighted by atomic mass is 9.53. The molecule has 4 heteroatoms. The predicted octanol–water partition coefficient (Wildman–Crippen LogP) is 12.7. The van der Waals surface area contributed by atoms with Crippen molar-refractivity contribution in [3.05, 3.63) is 232 Å². The molecule has 2 heterocycles. The molecule has 0 N–H and O–H groups in total. The molecule has 6 aromatic carbocycles. The average Bonchev–Trinajstić information content (AvgIpc) is 3.98. The zero-order valence-electron chi connectivity index (χ0n) is 28.3. The molecule has 2 nitrogen and oxygen atoms in total. The minimum atomic E-state index is -0.610. The van der Waals surface area contributed by atoms with E-state index in [0.29, 0.717) is 0 Å². The van der Waals surface area contributed by atoms with Gasteiger partial charge in [0.1, 0.15) is 10.0 Å². The molecule has 0 saturated heterocycles. The van der Waals surface area contributed by atoms with Crippen molar-refractivity contribution in [2.75, 3.05) is 0 Å². The van der Waals surface area contributed by atoms with Gasteiger partial charge in [-0.25, -0.2) is 9.97 Å². The van der Waals surface area contributed by atoms with Crippen molar-refractivity contribution in [3.63, 3.8) is 0 Å². The Hall–Kier alpha value is -5.94. The summed E-state index contributed by atoms with van der Waals surface area (Å²) in [7, 11) is 0. The molecule has 52 heavy (non-hydrogen) atoms. The van der Waals surface area contributed by atoms with Crippen molar-refractivity contribution in [2.24, 2.45) is 0 Å². The molecule has 0 bridgehead atoms. The van der Waals surface area contributed by atoms with Crippen molar-refractivity contribution < 1.29 is 0 Å². The third-order valence-electron chi connectivity index (χ3n) is 10.1. The maximum Gasteiger partial charge on any atom is 0.123 e. The highest BCUT2D eigenvalue weighted by atomic mass is 32.1. The number of hydrogen-bond acceptors (Lipinski definition) is 4. The van der Waals surface area contributed by atoms with Crippen molar-refractivity contribution in [1.29, 1.82) is 0 Å². The molecule has 1 aliphatic rings. The molecule has 2 unspecified atom stereocenters. The van der Waals surface area contributed by atoms with E-state index >= 15 is 0 Å². The summed E-state index contributed by atoms with van der Waals surface area (Å²) in [6.07, 6.45) is 6.30. The van der Waals surface area contributed by atoms with Crippen molar-refractivity contribution in [2.45, 2.75) is 11.3 Å². The van der Waals surface area contributed by atoms with Crippen molar-refractivity contribution >= 4 is 39.4 Å². The smallest absolute Gasteiger partial charge is 0.123 e. The molecule has 2 aromatic heterocycles. The molecule has 0 aliphatic heterocycles. The standard InChI is InChI=1S/C48H34N2S2/c1-5-13-35(14-6-1)43-33-42(34-21-23-38(24-22-34)46-49-29-31-51-46)44(36-15-7-2-8-16-36)45(37-17-9-3-10-18-37)48(43,40-19-11-4-12-20-40)41-27-25-39(26-28-41)47-50-30-32-52-47/h1-33,43H. The Bertz CT molecular complexity index is 2450. The van der Waals surface area contributed by atoms with E-state index in [9.17, 15) is 0 Å². The Balaban J connectivity index is 1.41. The van der Waals surface area contributed by atoms with Crippen LogP contribution in [0.1, 0.15) is 39.3 Å². The van der Waals surface area contributed by atoms with Crippen LogP contribution in [0.15, 0.2) is 199 Å². The first kappa shape index (κ1) is 32.0. The van der Waals surface area contributed by atoms with Gasteiger partial charge in [-0.1, -0.05) is 176 Å². The molecule has 8 aromatic rings. The quantitative estimate of drug-likeness (QED) is 0.158. The van der Waals surface area contributed by atoms with Gasteiger partial charge in [-0.15, -0.1) is 22.7 Å². The molecular weight excluding hydrogens is 669 g/mol. The lowest BCUT2D eigenvalue weighted by Gasteiger charge is -2.48. The highest BCUT2D eigenvalue weighted by Crippen LogP contribution is 2.61. The van der Waals surface area contributed by atoms with Gasteiger partial charge in [-0.3, -0.25) is 0 Å². The van der Waals surface area contributed by atoms with Crippen LogP contribution in [0.3, 0.4) is 0 Å². The van der Waals surface area contributed by atoms with Crippen LogP contribution in [-0.4, -0.2) is 9.97 Å². The molecule has 9 rings (SSSR count). The molecule has 248 valence electrons. The molecule has 0 amide bonds. The van der Waals surface area contributed by atoms with E-state index in [2.05, 4.69) is 186 Å². The second-order valence-corrected chi connectivity index (χ2v) is 14.7. The number of thiazole rings is 2. The monoisotopic (exact) mass is 702 g/mol. The highest BCUT2D eigenvalue weighted by molar-refractivity contribution is 7.13. The molecular formula is C48H34N2S2. The van der Waals surface area contributed by atoms with Crippen LogP contribution < -0.4 is 0 Å². The van der Waals surface area contributed by atoms with Gasteiger partial charge in [0.2, 0.25) is 0 Å². The second kappa shape index (κ2) is 14.0. The molecule has 0 radical (unpaired) electrons. The third kappa shape index (κ3) is 5.67. The number of aromatic nitrogens is 2. The summed E-state index contributed by atoms with van der Waals surface area (Å²) < 4.78 is 0. The minimum absolute atomic E-state index is 0.0573. The Labute approximate surface area is 312 Å². The molecule has 0 saturated carbocycles. The van der Waals surface area contributed by atoms with E-state index in [-0.39, 0.29) is 5.92 Å². The van der Waals surface area contributed by atoms with E-state index < -0.39 is 5.41 Å². The Morgan fingerprint density at radius 1 is 0.423 bits per heavy atom. The van der Waals surface area contributed by atoms with Gasteiger partial charge in [-0.2, -0.15) is 0 Å². The predicted molar refractivity (Wildman–Crippen MR) is 219 cm³/mol. The van der Waals surface area contributed by atoms with Gasteiger partial charge in [0.25, 0.3) is 0 Å². The Morgan fingerprint density at radius 2 is 0.885 bits per heavy atom. The summed E-state index contributed by atoms with van der Waals surface area (Å²) in [5.41, 5.74) is 12.7. The fourth-order valence-corrected chi connectivity index (χ4v) is 9.20. The van der Waals surface area contributed by atoms with Gasteiger partial charge in [0.05, 0.1) is 5.41 Å². The van der Waals surface area contributed by atoms with Gasteiger partial charge < -0.3 is 0 Å². The van der Waals surface area contributed by atoms with Gasteiger partial charge in [0.15, 0.2) is 0 Å². The fraction of sp³-hybridized carbons (Fsp3) is 0.0417. The topological polar surface area (TPSA) is 25.8 Å². The number of benzene rings is 6. The molecule has 1 aliphatic carbocycles. The van der Waals surface area contributed by atoms with Crippen molar-refractivity contribution in [3.8, 4) is 21.1 Å². The summed E-state index contributed by atoms with van der Waals surface area (Å²) in [6, 6.07) is 62.3. The van der Waals surface area contributed by atoms with Gasteiger partial charge >= 0.3 is 0 Å². The maximum absolute atomic E-state index is 4.64. The summed E-state index contributed by atoms with van der Waals surface area (Å²) >= 11 is 3.34. The molecule has 0 fully saturated rings. The number of rotatable bonds is 8. The summed E-state index contributed by atoms with van der Waals surface area (Å²) in [5, 5.41) is 6.13.